The minimum absolute atomic E-state index is 0.0272. The van der Waals surface area contributed by atoms with Gasteiger partial charge in [-0.2, -0.15) is 30.2 Å². The summed E-state index contributed by atoms with van der Waals surface area (Å²) in [6.07, 6.45) is -1.37. The fourth-order valence-corrected chi connectivity index (χ4v) is 4.54. The summed E-state index contributed by atoms with van der Waals surface area (Å²) in [6, 6.07) is 5.55. The molecule has 0 spiro atoms. The first-order chi connectivity index (χ1) is 13.9. The van der Waals surface area contributed by atoms with Crippen LogP contribution >= 0.6 is 0 Å². The third-order valence-corrected chi connectivity index (χ3v) is 6.63. The average Bonchev–Trinajstić information content (AvgIpc) is 2.68. The van der Waals surface area contributed by atoms with Crippen LogP contribution in [0.2, 0.25) is 0 Å². The maximum atomic E-state index is 12.5. The van der Waals surface area contributed by atoms with Crippen LogP contribution in [-0.4, -0.2) is 85.2 Å². The molecule has 1 aromatic rings. The lowest BCUT2D eigenvalue weighted by molar-refractivity contribution is -0.192. The molecular weight excluding hydrogens is 429 g/mol. The number of carboxylic acids is 1. The number of pyridine rings is 1. The standard InChI is InChI=1S/C15H24N4O3S.C2HF3O2/c1-18(2)23(20,21)19-10-12-6-5-9-22-15(12)13(11-19)17-14-7-3-4-8-16-14;3-2(4,5)1(6)7/h3-4,7-8,12-13,15H,5-6,9-11H2,1-2H3,(H,16,17);(H,6,7)/t12-,13+,15-;/m0./s1. The summed E-state index contributed by atoms with van der Waals surface area (Å²) in [4.78, 5) is 13.2. The second-order valence-electron chi connectivity index (χ2n) is 7.11. The van der Waals surface area contributed by atoms with Crippen LogP contribution in [0.25, 0.3) is 0 Å². The summed E-state index contributed by atoms with van der Waals surface area (Å²) in [7, 11) is -0.286. The molecule has 3 rings (SSSR count). The molecule has 3 atom stereocenters. The maximum absolute atomic E-state index is 12.5. The summed E-state index contributed by atoms with van der Waals surface area (Å²) >= 11 is 0. The van der Waals surface area contributed by atoms with Gasteiger partial charge >= 0.3 is 12.1 Å². The van der Waals surface area contributed by atoms with E-state index in [1.54, 1.807) is 24.6 Å². The number of rotatable bonds is 4. The fourth-order valence-electron chi connectivity index (χ4n) is 3.35. The van der Waals surface area contributed by atoms with E-state index in [2.05, 4.69) is 10.3 Å². The molecular formula is C17H25F3N4O5S. The Hall–Kier alpha value is -1.96. The summed E-state index contributed by atoms with van der Waals surface area (Å²) in [5.41, 5.74) is 0. The van der Waals surface area contributed by atoms with Crippen LogP contribution in [0.15, 0.2) is 24.4 Å². The van der Waals surface area contributed by atoms with Gasteiger partial charge in [0.15, 0.2) is 0 Å². The Labute approximate surface area is 173 Å². The summed E-state index contributed by atoms with van der Waals surface area (Å²) in [5.74, 6) is -1.80. The van der Waals surface area contributed by atoms with Gasteiger partial charge in [-0.25, -0.2) is 9.78 Å². The van der Waals surface area contributed by atoms with Crippen LogP contribution in [0.1, 0.15) is 12.8 Å². The van der Waals surface area contributed by atoms with Gasteiger partial charge in [0.2, 0.25) is 0 Å². The van der Waals surface area contributed by atoms with E-state index in [0.717, 1.165) is 25.3 Å². The van der Waals surface area contributed by atoms with Crippen molar-refractivity contribution in [2.75, 3.05) is 39.1 Å². The maximum Gasteiger partial charge on any atom is 0.490 e. The fraction of sp³-hybridized carbons (Fsp3) is 0.647. The van der Waals surface area contributed by atoms with Crippen LogP contribution in [-0.2, 0) is 19.7 Å². The van der Waals surface area contributed by atoms with Crippen molar-refractivity contribution in [2.24, 2.45) is 5.92 Å². The first-order valence-corrected chi connectivity index (χ1v) is 10.6. The van der Waals surface area contributed by atoms with E-state index in [1.165, 1.54) is 4.31 Å². The van der Waals surface area contributed by atoms with Crippen molar-refractivity contribution >= 4 is 22.0 Å². The Morgan fingerprint density at radius 1 is 1.33 bits per heavy atom. The zero-order valence-corrected chi connectivity index (χ0v) is 17.4. The van der Waals surface area contributed by atoms with Crippen molar-refractivity contribution in [3.8, 4) is 0 Å². The molecule has 13 heteroatoms. The highest BCUT2D eigenvalue weighted by Crippen LogP contribution is 2.31. The van der Waals surface area contributed by atoms with Crippen LogP contribution in [0.4, 0.5) is 19.0 Å². The monoisotopic (exact) mass is 454 g/mol. The zero-order chi connectivity index (χ0) is 22.5. The van der Waals surface area contributed by atoms with E-state index in [0.29, 0.717) is 13.1 Å². The van der Waals surface area contributed by atoms with Crippen molar-refractivity contribution in [2.45, 2.75) is 31.2 Å². The van der Waals surface area contributed by atoms with Crippen LogP contribution in [0.5, 0.6) is 0 Å². The minimum Gasteiger partial charge on any atom is -0.475 e. The second-order valence-corrected chi connectivity index (χ2v) is 9.26. The number of fused-ring (bicyclic) bond motifs is 1. The Balaban J connectivity index is 0.000000396. The van der Waals surface area contributed by atoms with E-state index in [-0.39, 0.29) is 18.1 Å². The number of nitrogens with zero attached hydrogens (tertiary/aromatic N) is 3. The van der Waals surface area contributed by atoms with Crippen molar-refractivity contribution in [3.63, 3.8) is 0 Å². The summed E-state index contributed by atoms with van der Waals surface area (Å²) in [6.45, 7) is 1.64. The third kappa shape index (κ3) is 6.27. The van der Waals surface area contributed by atoms with Crippen molar-refractivity contribution < 1.29 is 36.2 Å². The molecule has 0 aliphatic carbocycles. The van der Waals surface area contributed by atoms with Crippen LogP contribution in [0.3, 0.4) is 0 Å². The predicted octanol–water partition coefficient (Wildman–Crippen LogP) is 1.41. The SMILES string of the molecule is CN(C)S(=O)(=O)N1C[C@@H]2CCCO[C@@H]2[C@H](Nc2ccccn2)C1.O=C(O)C(F)(F)F. The van der Waals surface area contributed by atoms with E-state index in [4.69, 9.17) is 14.6 Å². The molecule has 0 radical (unpaired) electrons. The predicted molar refractivity (Wildman–Crippen MR) is 102 cm³/mol. The number of aliphatic carboxylic acids is 1. The number of alkyl halides is 3. The van der Waals surface area contributed by atoms with E-state index in [1.807, 2.05) is 18.2 Å². The number of hydrogen-bond acceptors (Lipinski definition) is 6. The smallest absolute Gasteiger partial charge is 0.475 e. The molecule has 170 valence electrons. The minimum atomic E-state index is -5.08. The highest BCUT2D eigenvalue weighted by molar-refractivity contribution is 7.86. The van der Waals surface area contributed by atoms with Gasteiger partial charge in [0, 0.05) is 45.9 Å². The lowest BCUT2D eigenvalue weighted by Gasteiger charge is -2.45. The lowest BCUT2D eigenvalue weighted by Crippen LogP contribution is -2.60. The molecule has 30 heavy (non-hydrogen) atoms. The molecule has 0 saturated carbocycles. The molecule has 1 aromatic heterocycles. The van der Waals surface area contributed by atoms with Crippen LogP contribution in [0, 0.1) is 5.92 Å². The molecule has 2 N–H and O–H groups in total. The molecule has 0 amide bonds. The van der Waals surface area contributed by atoms with Gasteiger partial charge in [-0.1, -0.05) is 6.07 Å². The molecule has 0 aromatic carbocycles. The number of piperidine rings is 1. The zero-order valence-electron chi connectivity index (χ0n) is 16.5. The lowest BCUT2D eigenvalue weighted by atomic mass is 9.86. The van der Waals surface area contributed by atoms with Crippen molar-refractivity contribution in [1.29, 1.82) is 0 Å². The number of nitrogens with one attached hydrogen (secondary N) is 1. The van der Waals surface area contributed by atoms with Gasteiger partial charge in [0.1, 0.15) is 5.82 Å². The molecule has 0 unspecified atom stereocenters. The molecule has 2 aliphatic heterocycles. The number of carbonyl (C=O) groups is 1. The van der Waals surface area contributed by atoms with Gasteiger partial charge in [-0.15, -0.1) is 0 Å². The Morgan fingerprint density at radius 2 is 2.00 bits per heavy atom. The van der Waals surface area contributed by atoms with E-state index < -0.39 is 22.4 Å². The van der Waals surface area contributed by atoms with Gasteiger partial charge in [0.25, 0.3) is 10.2 Å². The van der Waals surface area contributed by atoms with Gasteiger partial charge in [0.05, 0.1) is 12.1 Å². The van der Waals surface area contributed by atoms with Gasteiger partial charge in [-0.3, -0.25) is 0 Å². The first kappa shape index (κ1) is 24.3. The van der Waals surface area contributed by atoms with Gasteiger partial charge in [-0.05, 0) is 25.0 Å². The van der Waals surface area contributed by atoms with E-state index in [9.17, 15) is 21.6 Å². The number of carboxylic acid groups (broad SMARTS) is 1. The highest BCUT2D eigenvalue weighted by atomic mass is 32.2. The first-order valence-electron chi connectivity index (χ1n) is 9.19. The number of aromatic nitrogens is 1. The number of ether oxygens (including phenoxy) is 1. The Morgan fingerprint density at radius 3 is 2.53 bits per heavy atom. The third-order valence-electron chi connectivity index (χ3n) is 4.76. The Bertz CT molecular complexity index is 807. The molecule has 2 saturated heterocycles. The summed E-state index contributed by atoms with van der Waals surface area (Å²) < 4.78 is 65.6. The Kier molecular flexibility index (Phi) is 8.02. The number of anilines is 1. The van der Waals surface area contributed by atoms with Gasteiger partial charge < -0.3 is 15.2 Å². The molecule has 2 fully saturated rings. The topological polar surface area (TPSA) is 112 Å². The molecule has 2 aliphatic rings. The van der Waals surface area contributed by atoms with E-state index >= 15 is 0 Å². The van der Waals surface area contributed by atoms with Crippen molar-refractivity contribution in [1.82, 2.24) is 13.6 Å². The van der Waals surface area contributed by atoms with Crippen LogP contribution < -0.4 is 5.32 Å². The largest absolute Gasteiger partial charge is 0.490 e. The summed E-state index contributed by atoms with van der Waals surface area (Å²) in [5, 5.41) is 10.5. The second kappa shape index (κ2) is 9.90. The average molecular weight is 454 g/mol. The molecule has 9 nitrogen and oxygen atoms in total. The molecule has 0 bridgehead atoms. The number of halogens is 3. The number of hydrogen-bond donors (Lipinski definition) is 2. The van der Waals surface area contributed by atoms with Crippen molar-refractivity contribution in [3.05, 3.63) is 24.4 Å². The highest BCUT2D eigenvalue weighted by Gasteiger charge is 2.43. The normalized spacial score (nSPS) is 25.1. The quantitative estimate of drug-likeness (QED) is 0.708. The molecule has 3 heterocycles.